The van der Waals surface area contributed by atoms with Crippen molar-refractivity contribution in [2.45, 2.75) is 44.8 Å². The number of amides is 1. The van der Waals surface area contributed by atoms with E-state index in [2.05, 4.69) is 31.0 Å². The third kappa shape index (κ3) is 8.75. The van der Waals surface area contributed by atoms with E-state index in [0.29, 0.717) is 27.4 Å². The van der Waals surface area contributed by atoms with Crippen LogP contribution in [0.1, 0.15) is 34.7 Å². The van der Waals surface area contributed by atoms with E-state index in [1.165, 1.54) is 11.3 Å². The quantitative estimate of drug-likeness (QED) is 0.159. The molecule has 37 heavy (non-hydrogen) atoms. The zero-order valence-corrected chi connectivity index (χ0v) is 22.2. The molecule has 2 heterocycles. The minimum atomic E-state index is -0.736. The predicted octanol–water partition coefficient (Wildman–Crippen LogP) is 5.35. The van der Waals surface area contributed by atoms with Gasteiger partial charge in [-0.25, -0.2) is 0 Å². The van der Waals surface area contributed by atoms with Crippen LogP contribution in [-0.2, 0) is 30.5 Å². The number of unbranched alkanes of at least 4 members (excludes halogenated alkanes) is 1. The molecule has 1 atom stereocenters. The first-order valence-electron chi connectivity index (χ1n) is 11.8. The molecule has 2 aromatic heterocycles. The standard InChI is InChI=1S/C26H26Cl2N6O2S/c27-20-12-10-18(14-21(20)28)16-24(36)30-26-34-33-25(37-26)9-5-4-8-19-11-13-22(32-31-19)29-23(35)15-17-6-2-1-3-7-17/h1-3,6-7,10-14,23,35H,4-5,8-9,15-16H2,(H,29,32)(H,30,34,36). The fourth-order valence-electron chi connectivity index (χ4n) is 3.62. The van der Waals surface area contributed by atoms with Gasteiger partial charge in [-0.2, -0.15) is 5.10 Å². The summed E-state index contributed by atoms with van der Waals surface area (Å²) < 4.78 is 0. The molecule has 11 heteroatoms. The fourth-order valence-corrected chi connectivity index (χ4v) is 4.73. The van der Waals surface area contributed by atoms with Gasteiger partial charge in [-0.15, -0.1) is 15.3 Å². The molecule has 192 valence electrons. The van der Waals surface area contributed by atoms with Crippen LogP contribution in [0, 0.1) is 0 Å². The molecule has 0 aliphatic heterocycles. The van der Waals surface area contributed by atoms with Crippen LogP contribution in [0.25, 0.3) is 0 Å². The monoisotopic (exact) mass is 556 g/mol. The van der Waals surface area contributed by atoms with Gasteiger partial charge in [-0.05, 0) is 54.7 Å². The van der Waals surface area contributed by atoms with Gasteiger partial charge in [0.05, 0.1) is 22.2 Å². The molecule has 0 fully saturated rings. The van der Waals surface area contributed by atoms with Gasteiger partial charge in [0.25, 0.3) is 0 Å². The van der Waals surface area contributed by atoms with Crippen LogP contribution in [0.2, 0.25) is 10.0 Å². The van der Waals surface area contributed by atoms with E-state index >= 15 is 0 Å². The highest BCUT2D eigenvalue weighted by molar-refractivity contribution is 7.15. The van der Waals surface area contributed by atoms with Gasteiger partial charge in [0.1, 0.15) is 11.2 Å². The minimum absolute atomic E-state index is 0.174. The number of hydrogen-bond donors (Lipinski definition) is 3. The van der Waals surface area contributed by atoms with E-state index in [1.54, 1.807) is 18.2 Å². The number of carbonyl (C=O) groups excluding carboxylic acids is 1. The first-order chi connectivity index (χ1) is 17.9. The molecule has 4 aromatic rings. The number of aliphatic hydroxyl groups is 1. The number of rotatable bonds is 12. The Kier molecular flexibility index (Phi) is 9.78. The molecule has 0 spiro atoms. The summed E-state index contributed by atoms with van der Waals surface area (Å²) in [5.74, 6) is 0.347. The van der Waals surface area contributed by atoms with Crippen LogP contribution in [0.4, 0.5) is 10.9 Å². The van der Waals surface area contributed by atoms with Gasteiger partial charge in [-0.1, -0.05) is 70.9 Å². The first kappa shape index (κ1) is 26.9. The largest absolute Gasteiger partial charge is 0.373 e. The Morgan fingerprint density at radius 1 is 0.892 bits per heavy atom. The van der Waals surface area contributed by atoms with E-state index < -0.39 is 6.23 Å². The van der Waals surface area contributed by atoms with Crippen LogP contribution < -0.4 is 10.6 Å². The number of carbonyl (C=O) groups is 1. The Morgan fingerprint density at radius 2 is 1.70 bits per heavy atom. The molecule has 1 amide bonds. The highest BCUT2D eigenvalue weighted by Gasteiger charge is 2.11. The lowest BCUT2D eigenvalue weighted by Crippen LogP contribution is -2.22. The van der Waals surface area contributed by atoms with Crippen molar-refractivity contribution in [3.05, 3.63) is 92.5 Å². The Morgan fingerprint density at radius 3 is 2.46 bits per heavy atom. The molecule has 0 bridgehead atoms. The lowest BCUT2D eigenvalue weighted by atomic mass is 10.1. The van der Waals surface area contributed by atoms with Crippen LogP contribution >= 0.6 is 34.5 Å². The summed E-state index contributed by atoms with van der Waals surface area (Å²) >= 11 is 13.3. The molecule has 4 rings (SSSR count). The normalized spacial score (nSPS) is 11.8. The van der Waals surface area contributed by atoms with Gasteiger partial charge in [-0.3, -0.25) is 4.79 Å². The summed E-state index contributed by atoms with van der Waals surface area (Å²) in [6.07, 6.45) is 3.29. The second-order valence-electron chi connectivity index (χ2n) is 8.44. The Balaban J connectivity index is 1.15. The molecular weight excluding hydrogens is 531 g/mol. The number of aliphatic hydroxyl groups excluding tert-OH is 1. The summed E-state index contributed by atoms with van der Waals surface area (Å²) in [4.78, 5) is 12.3. The fraction of sp³-hybridized carbons (Fsp3) is 0.269. The van der Waals surface area contributed by atoms with Crippen molar-refractivity contribution in [2.75, 3.05) is 10.6 Å². The van der Waals surface area contributed by atoms with Gasteiger partial charge >= 0.3 is 0 Å². The molecule has 8 nitrogen and oxygen atoms in total. The van der Waals surface area contributed by atoms with Gasteiger partial charge in [0.15, 0.2) is 5.82 Å². The third-order valence-corrected chi connectivity index (χ3v) is 7.08. The van der Waals surface area contributed by atoms with Crippen LogP contribution in [0.15, 0.2) is 60.7 Å². The Labute approximate surface area is 229 Å². The summed E-state index contributed by atoms with van der Waals surface area (Å²) in [5, 5.41) is 34.8. The topological polar surface area (TPSA) is 113 Å². The molecule has 1 unspecified atom stereocenters. The molecule has 0 aliphatic carbocycles. The number of halogens is 2. The van der Waals surface area contributed by atoms with Crippen molar-refractivity contribution in [3.8, 4) is 0 Å². The number of nitrogens with zero attached hydrogens (tertiary/aromatic N) is 4. The predicted molar refractivity (Wildman–Crippen MR) is 147 cm³/mol. The van der Waals surface area contributed by atoms with Crippen LogP contribution in [0.3, 0.4) is 0 Å². The molecule has 0 saturated carbocycles. The maximum absolute atomic E-state index is 12.3. The second-order valence-corrected chi connectivity index (χ2v) is 10.3. The van der Waals surface area contributed by atoms with E-state index in [9.17, 15) is 9.90 Å². The molecule has 0 saturated heterocycles. The first-order valence-corrected chi connectivity index (χ1v) is 13.4. The Hall–Kier alpha value is -3.11. The maximum Gasteiger partial charge on any atom is 0.230 e. The molecular formula is C26H26Cl2N6O2S. The van der Waals surface area contributed by atoms with Crippen molar-refractivity contribution in [3.63, 3.8) is 0 Å². The average Bonchev–Trinajstić information content (AvgIpc) is 3.32. The molecule has 3 N–H and O–H groups in total. The smallest absolute Gasteiger partial charge is 0.230 e. The zero-order valence-electron chi connectivity index (χ0n) is 19.9. The van der Waals surface area contributed by atoms with Gasteiger partial charge in [0, 0.05) is 12.8 Å². The SMILES string of the molecule is O=C(Cc1ccc(Cl)c(Cl)c1)Nc1nnc(CCCCc2ccc(NC(O)Cc3ccccc3)nn2)s1. The van der Waals surface area contributed by atoms with E-state index in [4.69, 9.17) is 23.2 Å². The van der Waals surface area contributed by atoms with Crippen LogP contribution in [-0.4, -0.2) is 37.6 Å². The lowest BCUT2D eigenvalue weighted by Gasteiger charge is -2.13. The number of anilines is 2. The second kappa shape index (κ2) is 13.4. The molecule has 2 aromatic carbocycles. The number of hydrogen-bond acceptors (Lipinski definition) is 8. The maximum atomic E-state index is 12.3. The van der Waals surface area contributed by atoms with Crippen molar-refractivity contribution in [1.29, 1.82) is 0 Å². The highest BCUT2D eigenvalue weighted by Crippen LogP contribution is 2.23. The van der Waals surface area contributed by atoms with Crippen molar-refractivity contribution < 1.29 is 9.90 Å². The Bertz CT molecular complexity index is 1300. The van der Waals surface area contributed by atoms with Gasteiger partial charge < -0.3 is 15.7 Å². The molecule has 0 radical (unpaired) electrons. The van der Waals surface area contributed by atoms with E-state index in [0.717, 1.165) is 47.5 Å². The average molecular weight is 558 g/mol. The van der Waals surface area contributed by atoms with E-state index in [1.807, 2.05) is 42.5 Å². The van der Waals surface area contributed by atoms with E-state index in [-0.39, 0.29) is 12.3 Å². The zero-order chi connectivity index (χ0) is 26.0. The summed E-state index contributed by atoms with van der Waals surface area (Å²) in [6.45, 7) is 0. The van der Waals surface area contributed by atoms with Crippen LogP contribution in [0.5, 0.6) is 0 Å². The number of aromatic nitrogens is 4. The summed E-state index contributed by atoms with van der Waals surface area (Å²) in [7, 11) is 0. The number of benzene rings is 2. The van der Waals surface area contributed by atoms with Crippen molar-refractivity contribution in [2.24, 2.45) is 0 Å². The molecule has 0 aliphatic rings. The van der Waals surface area contributed by atoms with Crippen molar-refractivity contribution >= 4 is 51.4 Å². The van der Waals surface area contributed by atoms with Gasteiger partial charge in [0.2, 0.25) is 11.0 Å². The minimum Gasteiger partial charge on any atom is -0.373 e. The summed E-state index contributed by atoms with van der Waals surface area (Å²) in [6, 6.07) is 18.6. The van der Waals surface area contributed by atoms with Crippen molar-refractivity contribution in [1.82, 2.24) is 20.4 Å². The lowest BCUT2D eigenvalue weighted by molar-refractivity contribution is -0.115. The number of nitrogens with one attached hydrogen (secondary N) is 2. The number of aryl methyl sites for hydroxylation is 2. The summed E-state index contributed by atoms with van der Waals surface area (Å²) in [5.41, 5.74) is 2.70. The third-order valence-electron chi connectivity index (χ3n) is 5.44. The highest BCUT2D eigenvalue weighted by atomic mass is 35.5.